The lowest BCUT2D eigenvalue weighted by molar-refractivity contribution is -0.384. The quantitative estimate of drug-likeness (QED) is 0.529. The minimum atomic E-state index is -4.63. The average molecular weight is 436 g/mol. The van der Waals surface area contributed by atoms with Gasteiger partial charge in [0.2, 0.25) is 0 Å². The Balaban J connectivity index is 1.68. The molecule has 0 saturated carbocycles. The Morgan fingerprint density at radius 1 is 1.10 bits per heavy atom. The summed E-state index contributed by atoms with van der Waals surface area (Å²) >= 11 is 0. The maximum atomic E-state index is 12.9. The molecule has 0 N–H and O–H groups in total. The van der Waals surface area contributed by atoms with Crippen LogP contribution in [0.1, 0.15) is 21.5 Å². The van der Waals surface area contributed by atoms with Crippen molar-refractivity contribution in [1.29, 1.82) is 0 Å². The summed E-state index contributed by atoms with van der Waals surface area (Å²) in [4.78, 5) is 28.1. The molecular formula is C21H23F3N4O3. The van der Waals surface area contributed by atoms with Crippen LogP contribution in [0.4, 0.5) is 24.5 Å². The van der Waals surface area contributed by atoms with Crippen LogP contribution < -0.4 is 4.90 Å². The molecule has 0 atom stereocenters. The summed E-state index contributed by atoms with van der Waals surface area (Å²) in [5.41, 5.74) is 0.186. The van der Waals surface area contributed by atoms with Crippen molar-refractivity contribution < 1.29 is 22.9 Å². The van der Waals surface area contributed by atoms with E-state index in [0.717, 1.165) is 11.6 Å². The van der Waals surface area contributed by atoms with Crippen LogP contribution in [0, 0.1) is 10.1 Å². The zero-order valence-corrected chi connectivity index (χ0v) is 17.2. The molecule has 7 nitrogen and oxygen atoms in total. The van der Waals surface area contributed by atoms with Gasteiger partial charge in [-0.2, -0.15) is 13.2 Å². The minimum Gasteiger partial charge on any atom is -0.363 e. The predicted molar refractivity (Wildman–Crippen MR) is 110 cm³/mol. The number of alkyl halides is 3. The lowest BCUT2D eigenvalue weighted by atomic mass is 10.1. The smallest absolute Gasteiger partial charge is 0.363 e. The maximum Gasteiger partial charge on any atom is 0.416 e. The first-order valence-electron chi connectivity index (χ1n) is 9.70. The highest BCUT2D eigenvalue weighted by atomic mass is 19.4. The molecule has 31 heavy (non-hydrogen) atoms. The Labute approximate surface area is 177 Å². The van der Waals surface area contributed by atoms with Crippen molar-refractivity contribution in [3.05, 3.63) is 69.3 Å². The standard InChI is InChI=1S/C21H23F3N4O3/c1-25(2)20(29)16-5-3-4-15(12-16)14-26-8-10-27(11-9-26)18-7-6-17(21(22,23)24)13-19(18)28(30)31/h3-7,12-13H,8-11,14H2,1-2H3. The fourth-order valence-electron chi connectivity index (χ4n) is 3.58. The molecule has 1 aliphatic rings. The lowest BCUT2D eigenvalue weighted by Gasteiger charge is -2.36. The molecule has 1 heterocycles. The van der Waals surface area contributed by atoms with E-state index in [2.05, 4.69) is 4.90 Å². The first-order chi connectivity index (χ1) is 14.6. The molecule has 0 spiro atoms. The number of anilines is 1. The summed E-state index contributed by atoms with van der Waals surface area (Å²) < 4.78 is 38.8. The Morgan fingerprint density at radius 3 is 2.35 bits per heavy atom. The number of halogens is 3. The van der Waals surface area contributed by atoms with E-state index in [1.54, 1.807) is 25.1 Å². The van der Waals surface area contributed by atoms with Crippen LogP contribution in [0.25, 0.3) is 0 Å². The Morgan fingerprint density at radius 2 is 1.77 bits per heavy atom. The van der Waals surface area contributed by atoms with Crippen LogP contribution >= 0.6 is 0 Å². The second-order valence-electron chi connectivity index (χ2n) is 7.62. The van der Waals surface area contributed by atoms with Crippen LogP contribution in [0.5, 0.6) is 0 Å². The maximum absolute atomic E-state index is 12.9. The zero-order valence-electron chi connectivity index (χ0n) is 17.2. The third-order valence-electron chi connectivity index (χ3n) is 5.20. The molecule has 0 aliphatic carbocycles. The van der Waals surface area contributed by atoms with Gasteiger partial charge in [0.15, 0.2) is 0 Å². The highest BCUT2D eigenvalue weighted by Gasteiger charge is 2.34. The van der Waals surface area contributed by atoms with Crippen molar-refractivity contribution in [2.75, 3.05) is 45.2 Å². The molecule has 1 amide bonds. The predicted octanol–water partition coefficient (Wildman–Crippen LogP) is 3.64. The van der Waals surface area contributed by atoms with Gasteiger partial charge in [0.05, 0.1) is 10.5 Å². The van der Waals surface area contributed by atoms with Crippen molar-refractivity contribution in [3.8, 4) is 0 Å². The fraction of sp³-hybridized carbons (Fsp3) is 0.381. The van der Waals surface area contributed by atoms with Crippen LogP contribution in [0.15, 0.2) is 42.5 Å². The van der Waals surface area contributed by atoms with Gasteiger partial charge >= 0.3 is 6.18 Å². The fourth-order valence-corrected chi connectivity index (χ4v) is 3.58. The van der Waals surface area contributed by atoms with Crippen molar-refractivity contribution in [2.24, 2.45) is 0 Å². The number of hydrogen-bond acceptors (Lipinski definition) is 5. The number of carbonyl (C=O) groups excluding carboxylic acids is 1. The van der Waals surface area contributed by atoms with Gasteiger partial charge in [-0.25, -0.2) is 0 Å². The summed E-state index contributed by atoms with van der Waals surface area (Å²) in [5.74, 6) is -0.0821. The minimum absolute atomic E-state index is 0.0821. The lowest BCUT2D eigenvalue weighted by Crippen LogP contribution is -2.46. The second kappa shape index (κ2) is 8.93. The normalized spacial score (nSPS) is 15.1. The van der Waals surface area contributed by atoms with Crippen LogP contribution in [0.3, 0.4) is 0 Å². The average Bonchev–Trinajstić information content (AvgIpc) is 2.72. The second-order valence-corrected chi connectivity index (χ2v) is 7.62. The number of piperazine rings is 1. The molecule has 2 aromatic rings. The molecule has 166 valence electrons. The molecule has 10 heteroatoms. The van der Waals surface area contributed by atoms with Crippen molar-refractivity contribution in [3.63, 3.8) is 0 Å². The van der Waals surface area contributed by atoms with E-state index in [-0.39, 0.29) is 11.6 Å². The summed E-state index contributed by atoms with van der Waals surface area (Å²) in [6.07, 6.45) is -4.63. The van der Waals surface area contributed by atoms with E-state index in [1.807, 2.05) is 18.2 Å². The number of hydrogen-bond donors (Lipinski definition) is 0. The van der Waals surface area contributed by atoms with Crippen LogP contribution in [0.2, 0.25) is 0 Å². The van der Waals surface area contributed by atoms with Gasteiger partial charge in [0.1, 0.15) is 5.69 Å². The zero-order chi connectivity index (χ0) is 22.8. The van der Waals surface area contributed by atoms with Gasteiger partial charge < -0.3 is 9.80 Å². The van der Waals surface area contributed by atoms with Crippen LogP contribution in [-0.2, 0) is 12.7 Å². The van der Waals surface area contributed by atoms with E-state index in [9.17, 15) is 28.1 Å². The van der Waals surface area contributed by atoms with E-state index < -0.39 is 22.4 Å². The van der Waals surface area contributed by atoms with Crippen LogP contribution in [-0.4, -0.2) is 60.9 Å². The largest absolute Gasteiger partial charge is 0.416 e. The number of benzene rings is 2. The van der Waals surface area contributed by atoms with E-state index >= 15 is 0 Å². The number of carbonyl (C=O) groups is 1. The molecule has 0 radical (unpaired) electrons. The third kappa shape index (κ3) is 5.32. The summed E-state index contributed by atoms with van der Waals surface area (Å²) in [6, 6.07) is 10.0. The van der Waals surface area contributed by atoms with Crippen molar-refractivity contribution in [1.82, 2.24) is 9.80 Å². The molecule has 0 bridgehead atoms. The van der Waals surface area contributed by atoms with Gasteiger partial charge in [-0.1, -0.05) is 12.1 Å². The van der Waals surface area contributed by atoms with Crippen molar-refractivity contribution >= 4 is 17.3 Å². The van der Waals surface area contributed by atoms with E-state index in [1.165, 1.54) is 11.0 Å². The topological polar surface area (TPSA) is 69.9 Å². The molecule has 1 fully saturated rings. The molecule has 0 aromatic heterocycles. The van der Waals surface area contributed by atoms with Crippen molar-refractivity contribution in [2.45, 2.75) is 12.7 Å². The number of rotatable bonds is 5. The highest BCUT2D eigenvalue weighted by Crippen LogP contribution is 2.36. The molecule has 1 saturated heterocycles. The molecule has 0 unspecified atom stereocenters. The first kappa shape index (κ1) is 22.5. The van der Waals surface area contributed by atoms with Gasteiger partial charge in [-0.05, 0) is 29.8 Å². The number of nitrogens with zero attached hydrogens (tertiary/aromatic N) is 4. The summed E-state index contributed by atoms with van der Waals surface area (Å²) in [5, 5.41) is 11.4. The molecule has 2 aromatic carbocycles. The van der Waals surface area contributed by atoms with Gasteiger partial charge in [-0.15, -0.1) is 0 Å². The monoisotopic (exact) mass is 436 g/mol. The molecule has 3 rings (SSSR count). The van der Waals surface area contributed by atoms with E-state index in [0.29, 0.717) is 44.4 Å². The molecule has 1 aliphatic heterocycles. The van der Waals surface area contributed by atoms with Gasteiger partial charge in [0.25, 0.3) is 11.6 Å². The number of nitro benzene ring substituents is 1. The van der Waals surface area contributed by atoms with Gasteiger partial charge in [0, 0.05) is 58.4 Å². The molecular weight excluding hydrogens is 413 g/mol. The SMILES string of the molecule is CN(C)C(=O)c1cccc(CN2CCN(c3ccc(C(F)(F)F)cc3[N+](=O)[O-])CC2)c1. The Kier molecular flexibility index (Phi) is 6.49. The van der Waals surface area contributed by atoms with E-state index in [4.69, 9.17) is 0 Å². The number of amides is 1. The highest BCUT2D eigenvalue weighted by molar-refractivity contribution is 5.94. The third-order valence-corrected chi connectivity index (χ3v) is 5.20. The Hall–Kier alpha value is -3.14. The number of nitro groups is 1. The summed E-state index contributed by atoms with van der Waals surface area (Å²) in [6.45, 7) is 2.68. The Bertz CT molecular complexity index is 971. The summed E-state index contributed by atoms with van der Waals surface area (Å²) in [7, 11) is 3.38. The van der Waals surface area contributed by atoms with Gasteiger partial charge in [-0.3, -0.25) is 19.8 Å². The first-order valence-corrected chi connectivity index (χ1v) is 9.70.